The van der Waals surface area contributed by atoms with Gasteiger partial charge in [-0.25, -0.2) is 4.79 Å². The molecule has 0 bridgehead atoms. The molecule has 0 fully saturated rings. The van der Waals surface area contributed by atoms with Gasteiger partial charge in [0.25, 0.3) is 0 Å². The Morgan fingerprint density at radius 1 is 1.11 bits per heavy atom. The standard InChI is InChI=1S/C20H31N3O4/c1-13(2)10-16(21)19(25)23(18(14(3)4)20(26)27)12-17(24)22-11-15-8-6-5-7-9-15/h5-9,13-14,16,18H,10-12,21H2,1-4H3,(H,22,24)(H,26,27)/t16-,18-/m0/s1. The molecule has 0 spiro atoms. The predicted octanol–water partition coefficient (Wildman–Crippen LogP) is 1.61. The molecule has 2 amide bonds. The van der Waals surface area contributed by atoms with Gasteiger partial charge in [-0.1, -0.05) is 58.0 Å². The molecule has 0 aliphatic rings. The van der Waals surface area contributed by atoms with Crippen molar-refractivity contribution in [3.8, 4) is 0 Å². The Kier molecular flexibility index (Phi) is 8.94. The Hall–Kier alpha value is -2.41. The second-order valence-electron chi connectivity index (χ2n) is 7.49. The number of nitrogens with two attached hydrogens (primary N) is 1. The Labute approximate surface area is 160 Å². The number of amides is 2. The van der Waals surface area contributed by atoms with Gasteiger partial charge < -0.3 is 21.1 Å². The summed E-state index contributed by atoms with van der Waals surface area (Å²) in [4.78, 5) is 38.0. The lowest BCUT2D eigenvalue weighted by atomic mass is 9.99. The molecule has 27 heavy (non-hydrogen) atoms. The van der Waals surface area contributed by atoms with E-state index >= 15 is 0 Å². The summed E-state index contributed by atoms with van der Waals surface area (Å²) in [6.07, 6.45) is 0.422. The molecular formula is C20H31N3O4. The Balaban J connectivity index is 2.90. The number of benzene rings is 1. The number of carboxylic acid groups (broad SMARTS) is 1. The smallest absolute Gasteiger partial charge is 0.326 e. The van der Waals surface area contributed by atoms with Crippen LogP contribution >= 0.6 is 0 Å². The summed E-state index contributed by atoms with van der Waals surface area (Å²) in [7, 11) is 0. The van der Waals surface area contributed by atoms with Gasteiger partial charge in [-0.05, 0) is 23.8 Å². The lowest BCUT2D eigenvalue weighted by molar-refractivity contribution is -0.154. The van der Waals surface area contributed by atoms with E-state index < -0.39 is 29.9 Å². The molecule has 1 aromatic carbocycles. The molecule has 1 rings (SSSR count). The summed E-state index contributed by atoms with van der Waals surface area (Å²) in [6.45, 7) is 7.23. The van der Waals surface area contributed by atoms with Gasteiger partial charge >= 0.3 is 5.97 Å². The first-order valence-electron chi connectivity index (χ1n) is 9.23. The van der Waals surface area contributed by atoms with E-state index in [4.69, 9.17) is 5.73 Å². The topological polar surface area (TPSA) is 113 Å². The lowest BCUT2D eigenvalue weighted by Crippen LogP contribution is -2.56. The molecule has 0 unspecified atom stereocenters. The third-order valence-electron chi connectivity index (χ3n) is 4.19. The molecule has 7 nitrogen and oxygen atoms in total. The van der Waals surface area contributed by atoms with Crippen LogP contribution < -0.4 is 11.1 Å². The van der Waals surface area contributed by atoms with Crippen molar-refractivity contribution in [3.05, 3.63) is 35.9 Å². The van der Waals surface area contributed by atoms with Crippen molar-refractivity contribution in [2.24, 2.45) is 17.6 Å². The summed E-state index contributed by atoms with van der Waals surface area (Å²) in [5.74, 6) is -2.26. The maximum absolute atomic E-state index is 12.8. The molecule has 0 heterocycles. The van der Waals surface area contributed by atoms with Crippen molar-refractivity contribution in [3.63, 3.8) is 0 Å². The zero-order valence-electron chi connectivity index (χ0n) is 16.5. The number of carboxylic acids is 1. The van der Waals surface area contributed by atoms with E-state index in [1.807, 2.05) is 44.2 Å². The first kappa shape index (κ1) is 22.6. The fraction of sp³-hybridized carbons (Fsp3) is 0.550. The molecule has 0 aliphatic carbocycles. The van der Waals surface area contributed by atoms with Gasteiger partial charge in [-0.3, -0.25) is 9.59 Å². The summed E-state index contributed by atoms with van der Waals surface area (Å²) in [6, 6.07) is 7.39. The monoisotopic (exact) mass is 377 g/mol. The highest BCUT2D eigenvalue weighted by atomic mass is 16.4. The number of carbonyl (C=O) groups excluding carboxylic acids is 2. The van der Waals surface area contributed by atoms with E-state index in [0.717, 1.165) is 10.5 Å². The fourth-order valence-corrected chi connectivity index (χ4v) is 2.92. The molecule has 0 saturated heterocycles. The highest BCUT2D eigenvalue weighted by molar-refractivity contribution is 5.91. The van der Waals surface area contributed by atoms with Crippen LogP contribution in [0.1, 0.15) is 39.7 Å². The maximum Gasteiger partial charge on any atom is 0.326 e. The minimum Gasteiger partial charge on any atom is -0.480 e. The molecule has 7 heteroatoms. The van der Waals surface area contributed by atoms with E-state index in [2.05, 4.69) is 5.32 Å². The summed E-state index contributed by atoms with van der Waals surface area (Å²) in [5, 5.41) is 12.3. The van der Waals surface area contributed by atoms with E-state index in [9.17, 15) is 19.5 Å². The highest BCUT2D eigenvalue weighted by Gasteiger charge is 2.35. The highest BCUT2D eigenvalue weighted by Crippen LogP contribution is 2.15. The largest absolute Gasteiger partial charge is 0.480 e. The van der Waals surface area contributed by atoms with Crippen molar-refractivity contribution in [1.29, 1.82) is 0 Å². The number of nitrogens with one attached hydrogen (secondary N) is 1. The van der Waals surface area contributed by atoms with Crippen molar-refractivity contribution in [1.82, 2.24) is 10.2 Å². The lowest BCUT2D eigenvalue weighted by Gasteiger charge is -2.33. The maximum atomic E-state index is 12.8. The van der Waals surface area contributed by atoms with Gasteiger partial charge in [0, 0.05) is 6.54 Å². The van der Waals surface area contributed by atoms with E-state index in [1.165, 1.54) is 0 Å². The second kappa shape index (κ2) is 10.7. The predicted molar refractivity (Wildman–Crippen MR) is 104 cm³/mol. The number of rotatable bonds is 10. The fourth-order valence-electron chi connectivity index (χ4n) is 2.92. The molecule has 2 atom stereocenters. The van der Waals surface area contributed by atoms with E-state index in [1.54, 1.807) is 13.8 Å². The Morgan fingerprint density at radius 3 is 2.19 bits per heavy atom. The molecule has 4 N–H and O–H groups in total. The first-order valence-corrected chi connectivity index (χ1v) is 9.23. The van der Waals surface area contributed by atoms with Crippen LogP contribution in [0.15, 0.2) is 30.3 Å². The van der Waals surface area contributed by atoms with Crippen molar-refractivity contribution < 1.29 is 19.5 Å². The third-order valence-corrected chi connectivity index (χ3v) is 4.19. The van der Waals surface area contributed by atoms with E-state index in [-0.39, 0.29) is 18.4 Å². The van der Waals surface area contributed by atoms with Crippen LogP contribution in [-0.4, -0.2) is 46.4 Å². The number of nitrogens with zero attached hydrogens (tertiary/aromatic N) is 1. The van der Waals surface area contributed by atoms with Crippen molar-refractivity contribution in [2.45, 2.75) is 52.7 Å². The summed E-state index contributed by atoms with van der Waals surface area (Å²) >= 11 is 0. The van der Waals surface area contributed by atoms with Gasteiger partial charge in [-0.15, -0.1) is 0 Å². The Morgan fingerprint density at radius 2 is 1.70 bits per heavy atom. The van der Waals surface area contributed by atoms with Gasteiger partial charge in [0.1, 0.15) is 12.6 Å². The van der Waals surface area contributed by atoms with Crippen LogP contribution in [0.4, 0.5) is 0 Å². The van der Waals surface area contributed by atoms with Gasteiger partial charge in [-0.2, -0.15) is 0 Å². The molecular weight excluding hydrogens is 346 g/mol. The average molecular weight is 377 g/mol. The van der Waals surface area contributed by atoms with Crippen molar-refractivity contribution in [2.75, 3.05) is 6.54 Å². The average Bonchev–Trinajstić information content (AvgIpc) is 2.58. The number of aliphatic carboxylic acids is 1. The molecule has 0 radical (unpaired) electrons. The molecule has 0 aromatic heterocycles. The van der Waals surface area contributed by atoms with Crippen LogP contribution in [0.25, 0.3) is 0 Å². The minimum absolute atomic E-state index is 0.181. The van der Waals surface area contributed by atoms with Crippen molar-refractivity contribution >= 4 is 17.8 Å². The third kappa shape index (κ3) is 7.38. The number of hydrogen-bond acceptors (Lipinski definition) is 4. The quantitative estimate of drug-likeness (QED) is 0.573. The van der Waals surface area contributed by atoms with Crippen LogP contribution in [0.2, 0.25) is 0 Å². The van der Waals surface area contributed by atoms with Crippen LogP contribution in [0.3, 0.4) is 0 Å². The van der Waals surface area contributed by atoms with E-state index in [0.29, 0.717) is 13.0 Å². The summed E-state index contributed by atoms with van der Waals surface area (Å²) in [5.41, 5.74) is 6.90. The minimum atomic E-state index is -1.15. The Bertz CT molecular complexity index is 631. The number of hydrogen-bond donors (Lipinski definition) is 3. The molecule has 150 valence electrons. The normalized spacial score (nSPS) is 13.3. The SMILES string of the molecule is CC(C)C[C@H](N)C(=O)N(CC(=O)NCc1ccccc1)[C@H](C(=O)O)C(C)C. The number of carbonyl (C=O) groups is 3. The van der Waals surface area contributed by atoms with Crippen LogP contribution in [0.5, 0.6) is 0 Å². The zero-order chi connectivity index (χ0) is 20.6. The van der Waals surface area contributed by atoms with Gasteiger partial charge in [0.05, 0.1) is 6.04 Å². The molecule has 0 saturated carbocycles. The van der Waals surface area contributed by atoms with Crippen LogP contribution in [0, 0.1) is 11.8 Å². The van der Waals surface area contributed by atoms with Gasteiger partial charge in [0.15, 0.2) is 0 Å². The van der Waals surface area contributed by atoms with Crippen LogP contribution in [-0.2, 0) is 20.9 Å². The molecule has 0 aliphatic heterocycles. The van der Waals surface area contributed by atoms with Gasteiger partial charge in [0.2, 0.25) is 11.8 Å². The second-order valence-corrected chi connectivity index (χ2v) is 7.49. The first-order chi connectivity index (χ1) is 12.6. The zero-order valence-corrected chi connectivity index (χ0v) is 16.5. The molecule has 1 aromatic rings. The summed E-state index contributed by atoms with van der Waals surface area (Å²) < 4.78 is 0.